The number of hydrogen-bond donors (Lipinski definition) is 7. The van der Waals surface area contributed by atoms with Gasteiger partial charge < -0.3 is 46.9 Å². The fourth-order valence-corrected chi connectivity index (χ4v) is 11.0. The van der Waals surface area contributed by atoms with Crippen LogP contribution in [0.3, 0.4) is 0 Å². The van der Waals surface area contributed by atoms with Crippen molar-refractivity contribution in [3.63, 3.8) is 0 Å². The first-order valence-corrected chi connectivity index (χ1v) is 30.7. The molecule has 0 bridgehead atoms. The Hall–Kier alpha value is -7.24. The number of nitrogens with one attached hydrogen (secondary N) is 5. The Bertz CT molecular complexity index is 2690. The van der Waals surface area contributed by atoms with Gasteiger partial charge in [-0.2, -0.15) is 0 Å². The molecule has 4 aromatic carbocycles. The summed E-state index contributed by atoms with van der Waals surface area (Å²) < 4.78 is 12.5. The maximum Gasteiger partial charge on any atom is 0.251 e. The number of likely N-dealkylation sites (tertiary alicyclic amines) is 2. The van der Waals surface area contributed by atoms with Crippen molar-refractivity contribution in [3.8, 4) is 17.2 Å². The summed E-state index contributed by atoms with van der Waals surface area (Å²) in [4.78, 5) is 87.0. The number of ether oxygens (including phenoxy) is 2. The van der Waals surface area contributed by atoms with Crippen LogP contribution in [0.4, 0.5) is 0 Å². The highest BCUT2D eigenvalue weighted by Gasteiger charge is 2.33. The summed E-state index contributed by atoms with van der Waals surface area (Å²) in [6, 6.07) is 25.6. The minimum absolute atomic E-state index is 0.0448. The van der Waals surface area contributed by atoms with Gasteiger partial charge in [0, 0.05) is 25.1 Å². The predicted molar refractivity (Wildman–Crippen MR) is 331 cm³/mol. The van der Waals surface area contributed by atoms with E-state index >= 15 is 0 Å². The molecule has 0 unspecified atom stereocenters. The van der Waals surface area contributed by atoms with Gasteiger partial charge in [0.2, 0.25) is 29.5 Å². The maximum atomic E-state index is 14.1. The summed E-state index contributed by atoms with van der Waals surface area (Å²) in [5.41, 5.74) is 11.5. The molecular formula is C67H94N8O9. The smallest absolute Gasteiger partial charge is 0.251 e. The van der Waals surface area contributed by atoms with E-state index in [2.05, 4.69) is 67.6 Å². The molecule has 84 heavy (non-hydrogen) atoms. The number of rotatable bonds is 30. The largest absolute Gasteiger partial charge is 0.508 e. The fraction of sp³-hybridized carbons (Fsp3) is 0.522. The normalized spacial score (nSPS) is 15.6. The van der Waals surface area contributed by atoms with Crippen LogP contribution in [0.5, 0.6) is 17.2 Å². The molecule has 0 saturated carbocycles. The lowest BCUT2D eigenvalue weighted by atomic mass is 9.87. The van der Waals surface area contributed by atoms with E-state index in [1.165, 1.54) is 63.5 Å². The summed E-state index contributed by atoms with van der Waals surface area (Å²) in [5.74, 6) is -2.60. The summed E-state index contributed by atoms with van der Waals surface area (Å²) >= 11 is 0. The highest BCUT2D eigenvalue weighted by Crippen LogP contribution is 2.36. The first-order chi connectivity index (χ1) is 40.4. The Morgan fingerprint density at radius 1 is 0.560 bits per heavy atom. The minimum atomic E-state index is -1.11. The molecule has 0 spiro atoms. The SMILES string of the molecule is CCC(=C(c1ccc(OCCN2CCCCCC2)cc1)c1ccc(OCCN2CCCCCC2)cc1)c1cccc(C(=O)NCC(=O)N[C@@H](CC(C)C)C(=O)N[C@@H](CC(C)C)C(=O)N[C@H](C(=O)N[C@@H](Cc2ccc(O)cc2)C(N)=O)C(C)C)c1. The van der Waals surface area contributed by atoms with Gasteiger partial charge >= 0.3 is 0 Å². The van der Waals surface area contributed by atoms with Crippen molar-refractivity contribution in [1.29, 1.82) is 0 Å². The second kappa shape index (κ2) is 33.9. The number of aromatic hydroxyl groups is 1. The molecular weight excluding hydrogens is 1060 g/mol. The van der Waals surface area contributed by atoms with Crippen molar-refractivity contribution < 1.29 is 43.3 Å². The second-order valence-electron chi connectivity index (χ2n) is 23.7. The molecule has 2 aliphatic rings. The van der Waals surface area contributed by atoms with E-state index in [9.17, 15) is 33.9 Å². The molecule has 17 heteroatoms. The maximum absolute atomic E-state index is 14.1. The van der Waals surface area contributed by atoms with Crippen LogP contribution in [-0.2, 0) is 30.4 Å². The number of hydrogen-bond acceptors (Lipinski definition) is 11. The van der Waals surface area contributed by atoms with Crippen LogP contribution in [0.15, 0.2) is 97.1 Å². The highest BCUT2D eigenvalue weighted by molar-refractivity contribution is 6.02. The van der Waals surface area contributed by atoms with Gasteiger partial charge in [-0.3, -0.25) is 38.6 Å². The molecule has 17 nitrogen and oxygen atoms in total. The molecule has 4 atom stereocenters. The van der Waals surface area contributed by atoms with E-state index in [1.54, 1.807) is 32.0 Å². The lowest BCUT2D eigenvalue weighted by molar-refractivity contribution is -0.135. The molecule has 2 aliphatic heterocycles. The molecule has 456 valence electrons. The number of amides is 6. The Labute approximate surface area is 498 Å². The molecule has 4 aromatic rings. The molecule has 2 heterocycles. The Morgan fingerprint density at radius 3 is 1.51 bits per heavy atom. The first-order valence-electron chi connectivity index (χ1n) is 30.7. The lowest BCUT2D eigenvalue weighted by Gasteiger charge is -2.28. The quantitative estimate of drug-likeness (QED) is 0.0245. The number of phenolic OH excluding ortho intramolecular Hbond substituents is 1. The van der Waals surface area contributed by atoms with Gasteiger partial charge in [-0.25, -0.2) is 0 Å². The molecule has 6 rings (SSSR count). The van der Waals surface area contributed by atoms with Crippen LogP contribution in [0.2, 0.25) is 0 Å². The molecule has 8 N–H and O–H groups in total. The van der Waals surface area contributed by atoms with Crippen molar-refractivity contribution in [2.24, 2.45) is 23.5 Å². The van der Waals surface area contributed by atoms with Crippen LogP contribution in [-0.4, -0.2) is 134 Å². The van der Waals surface area contributed by atoms with E-state index in [0.29, 0.717) is 30.8 Å². The van der Waals surface area contributed by atoms with Crippen LogP contribution < -0.4 is 41.8 Å². The third kappa shape index (κ3) is 21.4. The zero-order valence-electron chi connectivity index (χ0n) is 50.8. The van der Waals surface area contributed by atoms with Gasteiger partial charge in [0.25, 0.3) is 5.91 Å². The van der Waals surface area contributed by atoms with Crippen molar-refractivity contribution >= 4 is 46.6 Å². The Morgan fingerprint density at radius 2 is 1.04 bits per heavy atom. The number of carbonyl (C=O) groups excluding carboxylic acids is 6. The number of benzene rings is 4. The first kappa shape index (κ1) is 65.9. The average Bonchev–Trinajstić information content (AvgIpc) is 3.88. The van der Waals surface area contributed by atoms with E-state index in [-0.39, 0.29) is 36.8 Å². The van der Waals surface area contributed by atoms with E-state index in [1.807, 2.05) is 70.2 Å². The minimum Gasteiger partial charge on any atom is -0.508 e. The number of nitrogens with two attached hydrogens (primary N) is 1. The van der Waals surface area contributed by atoms with E-state index in [4.69, 9.17) is 15.2 Å². The third-order valence-electron chi connectivity index (χ3n) is 15.6. The molecule has 6 amide bonds. The lowest BCUT2D eigenvalue weighted by Crippen LogP contribution is -2.60. The predicted octanol–water partition coefficient (Wildman–Crippen LogP) is 8.42. The fourth-order valence-electron chi connectivity index (χ4n) is 11.0. The zero-order valence-corrected chi connectivity index (χ0v) is 50.8. The van der Waals surface area contributed by atoms with Crippen molar-refractivity contribution in [3.05, 3.63) is 125 Å². The van der Waals surface area contributed by atoms with Gasteiger partial charge in [-0.15, -0.1) is 0 Å². The summed E-state index contributed by atoms with van der Waals surface area (Å²) in [6.07, 6.45) is 11.2. The van der Waals surface area contributed by atoms with Crippen LogP contribution in [0.1, 0.15) is 152 Å². The standard InChI is InChI=1S/C67H94N8O9/c1-8-56(61(49-22-28-54(29-23-49)83-38-36-74-32-13-9-10-14-33-74)50-24-30-55(31-25-50)84-39-37-75-34-15-11-12-16-35-75)51-18-17-19-52(43-51)64(79)69-44-60(77)70-58(40-45(2)3)65(80)72-59(41-46(4)5)66(81)73-62(47(6)7)67(82)71-57(63(68)78)42-48-20-26-53(76)27-21-48/h17-31,43,45-47,57-59,62,76H,8-16,32-42,44H2,1-7H3,(H2,68,78)(H,69,79)(H,70,77)(H,71,82)(H,72,80)(H,73,81)/t57-,58-,59-,62-/m0/s1. The molecule has 2 saturated heterocycles. The summed E-state index contributed by atoms with van der Waals surface area (Å²) in [5, 5.41) is 23.5. The Kier molecular flexibility index (Phi) is 26.6. The van der Waals surface area contributed by atoms with Gasteiger partial charge in [-0.1, -0.05) is 123 Å². The van der Waals surface area contributed by atoms with Crippen molar-refractivity contribution in [1.82, 2.24) is 36.4 Å². The van der Waals surface area contributed by atoms with Crippen LogP contribution >= 0.6 is 0 Å². The van der Waals surface area contributed by atoms with Gasteiger partial charge in [0.15, 0.2) is 0 Å². The number of allylic oxidation sites excluding steroid dienone is 1. The highest BCUT2D eigenvalue weighted by atomic mass is 16.5. The van der Waals surface area contributed by atoms with Crippen molar-refractivity contribution in [2.45, 2.75) is 150 Å². The van der Waals surface area contributed by atoms with Crippen molar-refractivity contribution in [2.75, 3.05) is 59.0 Å². The van der Waals surface area contributed by atoms with Gasteiger partial charge in [0.05, 0.1) is 6.54 Å². The van der Waals surface area contributed by atoms with Crippen LogP contribution in [0.25, 0.3) is 11.1 Å². The van der Waals surface area contributed by atoms with Gasteiger partial charge in [0.1, 0.15) is 54.6 Å². The number of carbonyl (C=O) groups is 6. The number of phenols is 1. The number of nitrogens with zero attached hydrogens (tertiary/aromatic N) is 2. The molecule has 0 aliphatic carbocycles. The van der Waals surface area contributed by atoms with E-state index < -0.39 is 72.1 Å². The molecule has 0 radical (unpaired) electrons. The summed E-state index contributed by atoms with van der Waals surface area (Å²) in [7, 11) is 0. The number of primary amides is 1. The Balaban J connectivity index is 1.13. The van der Waals surface area contributed by atoms with Gasteiger partial charge in [-0.05, 0) is 171 Å². The second-order valence-corrected chi connectivity index (χ2v) is 23.7. The molecule has 2 fully saturated rings. The monoisotopic (exact) mass is 1150 g/mol. The third-order valence-corrected chi connectivity index (χ3v) is 15.6. The average molecular weight is 1160 g/mol. The molecule has 0 aromatic heterocycles. The van der Waals surface area contributed by atoms with Crippen LogP contribution in [0, 0.1) is 17.8 Å². The topological polar surface area (TPSA) is 234 Å². The zero-order chi connectivity index (χ0) is 60.5. The summed E-state index contributed by atoms with van der Waals surface area (Å²) in [6.45, 7) is 20.2. The van der Waals surface area contributed by atoms with E-state index in [0.717, 1.165) is 78.6 Å².